The molecule has 0 radical (unpaired) electrons. The summed E-state index contributed by atoms with van der Waals surface area (Å²) in [5.74, 6) is 0.546. The molecule has 5 heteroatoms. The monoisotopic (exact) mass is 290 g/mol. The summed E-state index contributed by atoms with van der Waals surface area (Å²) in [6, 6.07) is 6.97. The van der Waals surface area contributed by atoms with Crippen molar-refractivity contribution in [3.8, 4) is 5.75 Å². The van der Waals surface area contributed by atoms with Gasteiger partial charge in [0.25, 0.3) is 0 Å². The third kappa shape index (κ3) is 3.61. The second-order valence-corrected chi connectivity index (χ2v) is 5.48. The zero-order valence-electron chi connectivity index (χ0n) is 12.5. The van der Waals surface area contributed by atoms with Gasteiger partial charge in [0.1, 0.15) is 5.75 Å². The Morgan fingerprint density at radius 1 is 1.24 bits per heavy atom. The van der Waals surface area contributed by atoms with Crippen LogP contribution in [0.25, 0.3) is 0 Å². The Morgan fingerprint density at radius 2 is 1.81 bits per heavy atom. The van der Waals surface area contributed by atoms with E-state index in [1.165, 1.54) is 0 Å². The number of rotatable bonds is 5. The highest BCUT2D eigenvalue weighted by molar-refractivity contribution is 5.99. The molecule has 0 aromatic heterocycles. The van der Waals surface area contributed by atoms with Gasteiger partial charge in [0.2, 0.25) is 5.91 Å². The first-order chi connectivity index (χ1) is 10.0. The Kier molecular flexibility index (Phi) is 4.96. The lowest BCUT2D eigenvalue weighted by atomic mass is 9.94. The summed E-state index contributed by atoms with van der Waals surface area (Å²) in [7, 11) is 1.60. The van der Waals surface area contributed by atoms with Gasteiger partial charge in [-0.25, -0.2) is 0 Å². The van der Waals surface area contributed by atoms with Crippen molar-refractivity contribution in [3.05, 3.63) is 29.8 Å². The molecule has 1 unspecified atom stereocenters. The van der Waals surface area contributed by atoms with Crippen molar-refractivity contribution in [3.63, 3.8) is 0 Å². The highest BCUT2D eigenvalue weighted by Crippen LogP contribution is 2.21. The highest BCUT2D eigenvalue weighted by atomic mass is 16.5. The van der Waals surface area contributed by atoms with Gasteiger partial charge in [0.05, 0.1) is 13.2 Å². The van der Waals surface area contributed by atoms with Gasteiger partial charge in [-0.1, -0.05) is 0 Å². The SMILES string of the molecule is COc1ccc(C(=O)C(C)N2CCC(C(N)=O)CC2)cc1. The molecule has 1 fully saturated rings. The van der Waals surface area contributed by atoms with Gasteiger partial charge in [-0.2, -0.15) is 0 Å². The van der Waals surface area contributed by atoms with Gasteiger partial charge in [0.15, 0.2) is 5.78 Å². The van der Waals surface area contributed by atoms with Crippen molar-refractivity contribution >= 4 is 11.7 Å². The Hall–Kier alpha value is -1.88. The van der Waals surface area contributed by atoms with E-state index < -0.39 is 0 Å². The Balaban J connectivity index is 1.97. The Bertz CT molecular complexity index is 505. The maximum atomic E-state index is 12.5. The number of hydrogen-bond donors (Lipinski definition) is 1. The van der Waals surface area contributed by atoms with E-state index in [1.54, 1.807) is 31.4 Å². The van der Waals surface area contributed by atoms with Crippen molar-refractivity contribution in [1.82, 2.24) is 4.90 Å². The van der Waals surface area contributed by atoms with E-state index in [2.05, 4.69) is 4.90 Å². The number of piperidine rings is 1. The molecule has 2 N–H and O–H groups in total. The van der Waals surface area contributed by atoms with Crippen molar-refractivity contribution in [2.24, 2.45) is 11.7 Å². The first kappa shape index (κ1) is 15.5. The van der Waals surface area contributed by atoms with Crippen molar-refractivity contribution in [2.75, 3.05) is 20.2 Å². The van der Waals surface area contributed by atoms with Crippen LogP contribution >= 0.6 is 0 Å². The number of amides is 1. The normalized spacial score (nSPS) is 18.2. The van der Waals surface area contributed by atoms with Gasteiger partial charge in [0, 0.05) is 11.5 Å². The molecule has 0 bridgehead atoms. The van der Waals surface area contributed by atoms with Crippen LogP contribution in [0, 0.1) is 5.92 Å². The molecule has 114 valence electrons. The van der Waals surface area contributed by atoms with Crippen LogP contribution in [0.3, 0.4) is 0 Å². The maximum Gasteiger partial charge on any atom is 0.220 e. The number of Topliss-reactive ketones (excluding diaryl/α,β-unsaturated/α-hetero) is 1. The van der Waals surface area contributed by atoms with E-state index in [4.69, 9.17) is 10.5 Å². The quantitative estimate of drug-likeness (QED) is 0.833. The molecule has 1 saturated heterocycles. The fourth-order valence-electron chi connectivity index (χ4n) is 2.73. The van der Waals surface area contributed by atoms with Crippen molar-refractivity contribution < 1.29 is 14.3 Å². The second kappa shape index (κ2) is 6.72. The summed E-state index contributed by atoms with van der Waals surface area (Å²) < 4.78 is 5.09. The minimum absolute atomic E-state index is 0.0514. The van der Waals surface area contributed by atoms with Crippen LogP contribution in [0.4, 0.5) is 0 Å². The van der Waals surface area contributed by atoms with E-state index >= 15 is 0 Å². The molecule has 0 aliphatic carbocycles. The summed E-state index contributed by atoms with van der Waals surface area (Å²) in [6.07, 6.45) is 1.46. The van der Waals surface area contributed by atoms with Crippen LogP contribution in [0.5, 0.6) is 5.75 Å². The molecule has 2 rings (SSSR count). The molecule has 1 amide bonds. The molecule has 1 aliphatic rings. The fourth-order valence-corrected chi connectivity index (χ4v) is 2.73. The van der Waals surface area contributed by atoms with Crippen LogP contribution < -0.4 is 10.5 Å². The van der Waals surface area contributed by atoms with E-state index in [0.717, 1.165) is 31.7 Å². The predicted octanol–water partition coefficient (Wildman–Crippen LogP) is 1.46. The molecule has 1 aromatic carbocycles. The molecule has 1 aromatic rings. The smallest absolute Gasteiger partial charge is 0.220 e. The van der Waals surface area contributed by atoms with E-state index in [0.29, 0.717) is 5.56 Å². The number of ketones is 1. The van der Waals surface area contributed by atoms with Crippen LogP contribution in [0.2, 0.25) is 0 Å². The molecular weight excluding hydrogens is 268 g/mol. The number of likely N-dealkylation sites (tertiary alicyclic amines) is 1. The molecule has 1 atom stereocenters. The lowest BCUT2D eigenvalue weighted by molar-refractivity contribution is -0.123. The fraction of sp³-hybridized carbons (Fsp3) is 0.500. The number of nitrogens with two attached hydrogens (primary N) is 1. The van der Waals surface area contributed by atoms with Gasteiger partial charge in [-0.3, -0.25) is 14.5 Å². The largest absolute Gasteiger partial charge is 0.497 e. The third-order valence-corrected chi connectivity index (χ3v) is 4.23. The maximum absolute atomic E-state index is 12.5. The van der Waals surface area contributed by atoms with Gasteiger partial charge >= 0.3 is 0 Å². The lowest BCUT2D eigenvalue weighted by Gasteiger charge is -2.34. The van der Waals surface area contributed by atoms with Crippen LogP contribution in [-0.4, -0.2) is 42.8 Å². The molecule has 1 aliphatic heterocycles. The highest BCUT2D eigenvalue weighted by Gasteiger charge is 2.29. The average molecular weight is 290 g/mol. The van der Waals surface area contributed by atoms with E-state index in [1.807, 2.05) is 6.92 Å². The number of methoxy groups -OCH3 is 1. The number of nitrogens with zero attached hydrogens (tertiary/aromatic N) is 1. The summed E-state index contributed by atoms with van der Waals surface area (Å²) in [5.41, 5.74) is 6.01. The zero-order valence-corrected chi connectivity index (χ0v) is 12.5. The number of primary amides is 1. The average Bonchev–Trinajstić information content (AvgIpc) is 2.53. The topological polar surface area (TPSA) is 72.6 Å². The second-order valence-electron chi connectivity index (χ2n) is 5.48. The minimum atomic E-state index is -0.233. The number of hydrogen-bond acceptors (Lipinski definition) is 4. The first-order valence-electron chi connectivity index (χ1n) is 7.24. The van der Waals surface area contributed by atoms with Crippen LogP contribution in [0.1, 0.15) is 30.1 Å². The molecule has 1 heterocycles. The zero-order chi connectivity index (χ0) is 15.4. The van der Waals surface area contributed by atoms with Gasteiger partial charge in [-0.05, 0) is 57.1 Å². The third-order valence-electron chi connectivity index (χ3n) is 4.23. The summed E-state index contributed by atoms with van der Waals surface area (Å²) >= 11 is 0. The first-order valence-corrected chi connectivity index (χ1v) is 7.24. The number of carbonyl (C=O) groups excluding carboxylic acids is 2. The van der Waals surface area contributed by atoms with E-state index in [-0.39, 0.29) is 23.7 Å². The van der Waals surface area contributed by atoms with E-state index in [9.17, 15) is 9.59 Å². The Morgan fingerprint density at radius 3 is 2.29 bits per heavy atom. The van der Waals surface area contributed by atoms with Crippen LogP contribution in [0.15, 0.2) is 24.3 Å². The predicted molar refractivity (Wildman–Crippen MR) is 80.3 cm³/mol. The molecule has 21 heavy (non-hydrogen) atoms. The summed E-state index contributed by atoms with van der Waals surface area (Å²) in [5, 5.41) is 0. The number of ether oxygens (including phenoxy) is 1. The summed E-state index contributed by atoms with van der Waals surface area (Å²) in [6.45, 7) is 3.38. The number of benzene rings is 1. The molecular formula is C16H22N2O3. The Labute approximate surface area is 125 Å². The minimum Gasteiger partial charge on any atom is -0.497 e. The molecule has 0 spiro atoms. The molecule has 5 nitrogen and oxygen atoms in total. The summed E-state index contributed by atoms with van der Waals surface area (Å²) in [4.78, 5) is 25.8. The van der Waals surface area contributed by atoms with Gasteiger partial charge in [-0.15, -0.1) is 0 Å². The van der Waals surface area contributed by atoms with Crippen LogP contribution in [-0.2, 0) is 4.79 Å². The molecule has 0 saturated carbocycles. The standard InChI is InChI=1S/C16H22N2O3/c1-11(18-9-7-13(8-10-18)16(17)20)15(19)12-3-5-14(21-2)6-4-12/h3-6,11,13H,7-10H2,1-2H3,(H2,17,20). The van der Waals surface area contributed by atoms with Gasteiger partial charge < -0.3 is 10.5 Å². The van der Waals surface area contributed by atoms with Crippen molar-refractivity contribution in [1.29, 1.82) is 0 Å². The number of carbonyl (C=O) groups is 2. The lowest BCUT2D eigenvalue weighted by Crippen LogP contribution is -2.46. The van der Waals surface area contributed by atoms with Crippen molar-refractivity contribution in [2.45, 2.75) is 25.8 Å².